The first-order valence-electron chi connectivity index (χ1n) is 4.72. The highest BCUT2D eigenvalue weighted by Gasteiger charge is 2.39. The molecule has 13 heavy (non-hydrogen) atoms. The van der Waals surface area contributed by atoms with E-state index in [-0.39, 0.29) is 5.60 Å². The predicted octanol–water partition coefficient (Wildman–Crippen LogP) is 3.23. The number of ether oxygens (including phenoxy) is 1. The Morgan fingerprint density at radius 3 is 2.38 bits per heavy atom. The molecule has 0 amide bonds. The maximum Gasteiger partial charge on any atom is 0.133 e. The average molecular weight is 174 g/mol. The molecule has 1 aliphatic rings. The van der Waals surface area contributed by atoms with Crippen LogP contribution in [0.1, 0.15) is 24.8 Å². The van der Waals surface area contributed by atoms with Crippen molar-refractivity contribution >= 4 is 0 Å². The van der Waals surface area contributed by atoms with Gasteiger partial charge in [0, 0.05) is 0 Å². The Hall–Kier alpha value is -1.24. The molecule has 0 saturated heterocycles. The van der Waals surface area contributed by atoms with E-state index in [0.717, 1.165) is 12.8 Å². The Labute approximate surface area is 79.0 Å². The standard InChI is InChI=1S/C12H14O/c1-2-13-12(9-6-10-12)11-7-4-3-5-8-11/h2-5,7-8H,1,6,9-10H2. The van der Waals surface area contributed by atoms with E-state index in [1.165, 1.54) is 12.0 Å². The SMILES string of the molecule is C=COC1(c2ccccc2)CCC1. The Balaban J connectivity index is 2.26. The molecule has 0 aromatic heterocycles. The van der Waals surface area contributed by atoms with Crippen LogP contribution >= 0.6 is 0 Å². The summed E-state index contributed by atoms with van der Waals surface area (Å²) in [6.07, 6.45) is 5.04. The first kappa shape index (κ1) is 8.36. The molecule has 0 unspecified atom stereocenters. The lowest BCUT2D eigenvalue weighted by Crippen LogP contribution is -2.35. The average Bonchev–Trinajstić information content (AvgIpc) is 2.13. The van der Waals surface area contributed by atoms with Gasteiger partial charge < -0.3 is 4.74 Å². The Morgan fingerprint density at radius 2 is 1.92 bits per heavy atom. The van der Waals surface area contributed by atoms with Gasteiger partial charge in [-0.3, -0.25) is 0 Å². The van der Waals surface area contributed by atoms with Crippen LogP contribution in [-0.2, 0) is 10.3 Å². The smallest absolute Gasteiger partial charge is 0.133 e. The third kappa shape index (κ3) is 1.35. The van der Waals surface area contributed by atoms with Crippen LogP contribution in [0.15, 0.2) is 43.2 Å². The third-order valence-electron chi connectivity index (χ3n) is 2.77. The van der Waals surface area contributed by atoms with Crippen molar-refractivity contribution in [2.75, 3.05) is 0 Å². The van der Waals surface area contributed by atoms with E-state index in [9.17, 15) is 0 Å². The lowest BCUT2D eigenvalue weighted by molar-refractivity contribution is -0.0514. The molecule has 1 heteroatoms. The van der Waals surface area contributed by atoms with Crippen LogP contribution in [-0.4, -0.2) is 0 Å². The van der Waals surface area contributed by atoms with Crippen LogP contribution in [0.25, 0.3) is 0 Å². The van der Waals surface area contributed by atoms with Crippen LogP contribution in [0.2, 0.25) is 0 Å². The summed E-state index contributed by atoms with van der Waals surface area (Å²) >= 11 is 0. The zero-order valence-corrected chi connectivity index (χ0v) is 7.70. The second kappa shape index (κ2) is 3.25. The molecule has 1 aromatic rings. The Kier molecular flexibility index (Phi) is 2.09. The van der Waals surface area contributed by atoms with Gasteiger partial charge in [-0.1, -0.05) is 36.9 Å². The second-order valence-electron chi connectivity index (χ2n) is 3.50. The van der Waals surface area contributed by atoms with Crippen LogP contribution < -0.4 is 0 Å². The number of rotatable bonds is 3. The first-order chi connectivity index (χ1) is 6.37. The Bertz CT molecular complexity index is 285. The lowest BCUT2D eigenvalue weighted by Gasteiger charge is -2.41. The fraction of sp³-hybridized carbons (Fsp3) is 0.333. The van der Waals surface area contributed by atoms with Gasteiger partial charge in [0.05, 0.1) is 6.26 Å². The molecule has 0 heterocycles. The molecule has 1 nitrogen and oxygen atoms in total. The number of hydrogen-bond donors (Lipinski definition) is 0. The van der Waals surface area contributed by atoms with Crippen molar-refractivity contribution in [2.45, 2.75) is 24.9 Å². The van der Waals surface area contributed by atoms with E-state index in [1.807, 2.05) is 6.07 Å². The van der Waals surface area contributed by atoms with Gasteiger partial charge in [-0.05, 0) is 24.8 Å². The molecule has 0 bridgehead atoms. The summed E-state index contributed by atoms with van der Waals surface area (Å²) < 4.78 is 5.62. The van der Waals surface area contributed by atoms with Crippen LogP contribution in [0, 0.1) is 0 Å². The van der Waals surface area contributed by atoms with E-state index in [4.69, 9.17) is 4.74 Å². The number of hydrogen-bond acceptors (Lipinski definition) is 1. The molecule has 0 spiro atoms. The van der Waals surface area contributed by atoms with Crippen molar-refractivity contribution in [1.82, 2.24) is 0 Å². The minimum absolute atomic E-state index is 0.0526. The van der Waals surface area contributed by atoms with Gasteiger partial charge in [-0.25, -0.2) is 0 Å². The molecule has 0 aliphatic heterocycles. The predicted molar refractivity (Wildman–Crippen MR) is 53.3 cm³/mol. The molecule has 1 aromatic carbocycles. The van der Waals surface area contributed by atoms with Crippen molar-refractivity contribution in [1.29, 1.82) is 0 Å². The molecule has 1 saturated carbocycles. The third-order valence-corrected chi connectivity index (χ3v) is 2.77. The van der Waals surface area contributed by atoms with E-state index in [2.05, 4.69) is 30.8 Å². The maximum absolute atomic E-state index is 5.62. The maximum atomic E-state index is 5.62. The molecular weight excluding hydrogens is 160 g/mol. The largest absolute Gasteiger partial charge is 0.491 e. The highest BCUT2D eigenvalue weighted by molar-refractivity contribution is 5.25. The quantitative estimate of drug-likeness (QED) is 0.639. The monoisotopic (exact) mass is 174 g/mol. The van der Waals surface area contributed by atoms with Crippen molar-refractivity contribution in [2.24, 2.45) is 0 Å². The summed E-state index contributed by atoms with van der Waals surface area (Å²) in [7, 11) is 0. The normalized spacial score (nSPS) is 18.8. The summed E-state index contributed by atoms with van der Waals surface area (Å²) in [5.74, 6) is 0. The van der Waals surface area contributed by atoms with Gasteiger partial charge in [0.25, 0.3) is 0 Å². The molecule has 2 rings (SSSR count). The van der Waals surface area contributed by atoms with E-state index in [0.29, 0.717) is 0 Å². The molecule has 0 radical (unpaired) electrons. The van der Waals surface area contributed by atoms with Crippen molar-refractivity contribution in [3.8, 4) is 0 Å². The highest BCUT2D eigenvalue weighted by Crippen LogP contribution is 2.44. The van der Waals surface area contributed by atoms with Crippen molar-refractivity contribution in [3.63, 3.8) is 0 Å². The van der Waals surface area contributed by atoms with Gasteiger partial charge in [0.15, 0.2) is 0 Å². The molecular formula is C12H14O. The van der Waals surface area contributed by atoms with Gasteiger partial charge in [-0.2, -0.15) is 0 Å². The molecule has 0 atom stereocenters. The second-order valence-corrected chi connectivity index (χ2v) is 3.50. The summed E-state index contributed by atoms with van der Waals surface area (Å²) in [5, 5.41) is 0. The fourth-order valence-electron chi connectivity index (χ4n) is 1.87. The molecule has 1 aliphatic carbocycles. The van der Waals surface area contributed by atoms with E-state index < -0.39 is 0 Å². The number of benzene rings is 1. The summed E-state index contributed by atoms with van der Waals surface area (Å²) in [6, 6.07) is 10.4. The summed E-state index contributed by atoms with van der Waals surface area (Å²) in [5.41, 5.74) is 1.23. The molecule has 0 N–H and O–H groups in total. The van der Waals surface area contributed by atoms with Crippen LogP contribution in [0.5, 0.6) is 0 Å². The van der Waals surface area contributed by atoms with Gasteiger partial charge in [-0.15, -0.1) is 0 Å². The fourth-order valence-corrected chi connectivity index (χ4v) is 1.87. The van der Waals surface area contributed by atoms with Gasteiger partial charge >= 0.3 is 0 Å². The topological polar surface area (TPSA) is 9.23 Å². The van der Waals surface area contributed by atoms with Crippen molar-refractivity contribution in [3.05, 3.63) is 48.7 Å². The zero-order chi connectivity index (χ0) is 9.15. The van der Waals surface area contributed by atoms with Crippen LogP contribution in [0.4, 0.5) is 0 Å². The minimum Gasteiger partial charge on any atom is -0.491 e. The van der Waals surface area contributed by atoms with Gasteiger partial charge in [0.2, 0.25) is 0 Å². The van der Waals surface area contributed by atoms with Crippen LogP contribution in [0.3, 0.4) is 0 Å². The lowest BCUT2D eigenvalue weighted by atomic mass is 9.75. The summed E-state index contributed by atoms with van der Waals surface area (Å²) in [4.78, 5) is 0. The molecule has 68 valence electrons. The van der Waals surface area contributed by atoms with Crippen molar-refractivity contribution < 1.29 is 4.74 Å². The zero-order valence-electron chi connectivity index (χ0n) is 7.70. The van der Waals surface area contributed by atoms with E-state index >= 15 is 0 Å². The molecule has 1 fully saturated rings. The van der Waals surface area contributed by atoms with E-state index in [1.54, 1.807) is 6.26 Å². The van der Waals surface area contributed by atoms with Gasteiger partial charge in [0.1, 0.15) is 5.60 Å². The minimum atomic E-state index is -0.0526. The Morgan fingerprint density at radius 1 is 1.23 bits per heavy atom. The summed E-state index contributed by atoms with van der Waals surface area (Å²) in [6.45, 7) is 3.63. The first-order valence-corrected chi connectivity index (χ1v) is 4.72. The highest BCUT2D eigenvalue weighted by atomic mass is 16.5.